The number of nitrogens with one attached hydrogen (secondary N) is 2. The van der Waals surface area contributed by atoms with E-state index in [2.05, 4.69) is 14.9 Å². The van der Waals surface area contributed by atoms with Crippen LogP contribution in [0.25, 0.3) is 0 Å². The molecule has 1 aliphatic carbocycles. The highest BCUT2D eigenvalue weighted by Gasteiger charge is 2.42. The summed E-state index contributed by atoms with van der Waals surface area (Å²) in [4.78, 5) is 47.5. The van der Waals surface area contributed by atoms with E-state index in [1.165, 1.54) is 11.2 Å². The standard InChI is InChI=1S/C36H50ClN5O6S/c1-35(2,3)48-34(45)42-24-28-11-7-6-10-27(28)23-31(42)32(43)39-30(22-26-12-14-29(37)15-13-26)33(44)40-18-20-41(21-19-40)36(16-8-5-9-17-36)25-38-49(4,46)47/h6-7,10-15,30-31,38H,5,8-9,16-25H2,1-4H3,(H,39,43)/t30-,31-/m1/s1. The van der Waals surface area contributed by atoms with E-state index in [1.54, 1.807) is 37.8 Å². The van der Waals surface area contributed by atoms with Crippen LogP contribution in [-0.2, 0) is 43.7 Å². The lowest BCUT2D eigenvalue weighted by Crippen LogP contribution is -2.64. The maximum Gasteiger partial charge on any atom is 0.411 e. The lowest BCUT2D eigenvalue weighted by molar-refractivity contribution is -0.140. The van der Waals surface area contributed by atoms with Gasteiger partial charge in [0.05, 0.1) is 12.8 Å². The van der Waals surface area contributed by atoms with E-state index in [9.17, 15) is 22.8 Å². The first-order valence-corrected chi connectivity index (χ1v) is 19.5. The topological polar surface area (TPSA) is 128 Å². The highest BCUT2D eigenvalue weighted by atomic mass is 35.5. The number of amides is 3. The van der Waals surface area contributed by atoms with Gasteiger partial charge in [0.25, 0.3) is 0 Å². The third-order valence-electron chi connectivity index (χ3n) is 9.86. The molecule has 2 fully saturated rings. The van der Waals surface area contributed by atoms with Crippen LogP contribution < -0.4 is 10.0 Å². The minimum absolute atomic E-state index is 0.199. The van der Waals surface area contributed by atoms with Crippen LogP contribution in [0.4, 0.5) is 4.79 Å². The molecule has 2 aromatic carbocycles. The van der Waals surface area contributed by atoms with Crippen LogP contribution in [0.5, 0.6) is 0 Å². The summed E-state index contributed by atoms with van der Waals surface area (Å²) in [6.07, 6.45) is 6.15. The van der Waals surface area contributed by atoms with Gasteiger partial charge in [-0.15, -0.1) is 0 Å². The molecule has 268 valence electrons. The zero-order chi connectivity index (χ0) is 35.4. The number of sulfonamides is 1. The number of piperazine rings is 1. The van der Waals surface area contributed by atoms with Crippen molar-refractivity contribution in [2.75, 3.05) is 39.0 Å². The summed E-state index contributed by atoms with van der Waals surface area (Å²) in [5, 5.41) is 3.61. The first kappa shape index (κ1) is 37.1. The van der Waals surface area contributed by atoms with Crippen LogP contribution in [0.15, 0.2) is 48.5 Å². The summed E-state index contributed by atoms with van der Waals surface area (Å²) in [5.74, 6) is -0.616. The van der Waals surface area contributed by atoms with Gasteiger partial charge in [-0.25, -0.2) is 17.9 Å². The SMILES string of the molecule is CC(C)(C)OC(=O)N1Cc2ccccc2C[C@@H]1C(=O)N[C@H](Cc1ccc(Cl)cc1)C(=O)N1CCN(C2(CNS(C)(=O)=O)CCCCC2)CC1. The van der Waals surface area contributed by atoms with E-state index < -0.39 is 39.7 Å². The van der Waals surface area contributed by atoms with E-state index in [0.717, 1.165) is 48.8 Å². The van der Waals surface area contributed by atoms with Crippen molar-refractivity contribution in [2.45, 2.75) is 95.5 Å². The average Bonchev–Trinajstić information content (AvgIpc) is 3.06. The minimum Gasteiger partial charge on any atom is -0.444 e. The van der Waals surface area contributed by atoms with Crippen molar-refractivity contribution in [1.29, 1.82) is 0 Å². The highest BCUT2D eigenvalue weighted by molar-refractivity contribution is 7.88. The van der Waals surface area contributed by atoms with Gasteiger partial charge in [0, 0.05) is 56.1 Å². The molecule has 11 nitrogen and oxygen atoms in total. The minimum atomic E-state index is -3.35. The summed E-state index contributed by atoms with van der Waals surface area (Å²) < 4.78 is 32.5. The molecule has 3 amide bonds. The summed E-state index contributed by atoms with van der Waals surface area (Å²) in [6, 6.07) is 13.2. The summed E-state index contributed by atoms with van der Waals surface area (Å²) in [5.41, 5.74) is 1.73. The zero-order valence-corrected chi connectivity index (χ0v) is 30.6. The summed E-state index contributed by atoms with van der Waals surface area (Å²) >= 11 is 6.15. The lowest BCUT2D eigenvalue weighted by Gasteiger charge is -2.50. The highest BCUT2D eigenvalue weighted by Crippen LogP contribution is 2.34. The fourth-order valence-corrected chi connectivity index (χ4v) is 7.95. The predicted octanol–water partition coefficient (Wildman–Crippen LogP) is 4.13. The maximum atomic E-state index is 14.3. The number of benzene rings is 2. The zero-order valence-electron chi connectivity index (χ0n) is 29.0. The van der Waals surface area contributed by atoms with Gasteiger partial charge in [-0.3, -0.25) is 19.4 Å². The molecule has 0 unspecified atom stereocenters. The molecule has 49 heavy (non-hydrogen) atoms. The summed E-state index contributed by atoms with van der Waals surface area (Å²) in [6.45, 7) is 8.05. The Balaban J connectivity index is 1.34. The number of hydrogen-bond acceptors (Lipinski definition) is 7. The van der Waals surface area contributed by atoms with Gasteiger partial charge >= 0.3 is 6.09 Å². The summed E-state index contributed by atoms with van der Waals surface area (Å²) in [7, 11) is -3.35. The van der Waals surface area contributed by atoms with E-state index >= 15 is 0 Å². The molecule has 5 rings (SSSR count). The Labute approximate surface area is 295 Å². The molecule has 3 aliphatic rings. The molecule has 0 radical (unpaired) electrons. The van der Waals surface area contributed by atoms with Crippen LogP contribution >= 0.6 is 11.6 Å². The normalized spacial score (nSPS) is 20.6. The smallest absolute Gasteiger partial charge is 0.411 e. The van der Waals surface area contributed by atoms with Crippen molar-refractivity contribution in [3.8, 4) is 0 Å². The molecular weight excluding hydrogens is 666 g/mol. The number of carbonyl (C=O) groups is 3. The predicted molar refractivity (Wildman–Crippen MR) is 190 cm³/mol. The van der Waals surface area contributed by atoms with E-state index in [-0.39, 0.29) is 24.4 Å². The van der Waals surface area contributed by atoms with Gasteiger partial charge in [-0.2, -0.15) is 0 Å². The molecule has 1 saturated carbocycles. The van der Waals surface area contributed by atoms with Crippen LogP contribution in [0.1, 0.15) is 69.6 Å². The number of halogens is 1. The molecule has 1 saturated heterocycles. The maximum absolute atomic E-state index is 14.3. The van der Waals surface area contributed by atoms with E-state index in [4.69, 9.17) is 16.3 Å². The largest absolute Gasteiger partial charge is 0.444 e. The molecular formula is C36H50ClN5O6S. The second-order valence-electron chi connectivity index (χ2n) is 14.7. The number of nitrogens with zero attached hydrogens (tertiary/aromatic N) is 3. The van der Waals surface area contributed by atoms with Gasteiger partial charge in [0.2, 0.25) is 21.8 Å². The van der Waals surface area contributed by atoms with Crippen LogP contribution in [0, 0.1) is 0 Å². The first-order chi connectivity index (χ1) is 23.1. The molecule has 2 heterocycles. The number of fused-ring (bicyclic) bond motifs is 1. The third-order valence-corrected chi connectivity index (χ3v) is 10.8. The van der Waals surface area contributed by atoms with Gasteiger partial charge < -0.3 is 15.0 Å². The molecule has 13 heteroatoms. The molecule has 0 bridgehead atoms. The van der Waals surface area contributed by atoms with Crippen LogP contribution in [0.2, 0.25) is 5.02 Å². The Morgan fingerprint density at radius 1 is 0.959 bits per heavy atom. The van der Waals surface area contributed by atoms with E-state index in [0.29, 0.717) is 44.2 Å². The number of carbonyl (C=O) groups excluding carboxylic acids is 3. The Kier molecular flexibility index (Phi) is 11.6. The van der Waals surface area contributed by atoms with Crippen LogP contribution in [-0.4, -0.2) is 103 Å². The fourth-order valence-electron chi connectivity index (χ4n) is 7.30. The molecule has 2 aliphatic heterocycles. The van der Waals surface area contributed by atoms with Gasteiger partial charge in [-0.05, 0) is 62.4 Å². The Morgan fingerprint density at radius 2 is 1.59 bits per heavy atom. The Bertz CT molecular complexity index is 1600. The van der Waals surface area contributed by atoms with Crippen molar-refractivity contribution < 1.29 is 27.5 Å². The Hall–Kier alpha value is -3.19. The second kappa shape index (κ2) is 15.4. The molecule has 2 atom stereocenters. The van der Waals surface area contributed by atoms with E-state index in [1.807, 2.05) is 36.4 Å². The Morgan fingerprint density at radius 3 is 2.20 bits per heavy atom. The van der Waals surface area contributed by atoms with Crippen molar-refractivity contribution >= 4 is 39.5 Å². The van der Waals surface area contributed by atoms with Gasteiger partial charge in [0.15, 0.2) is 0 Å². The number of ether oxygens (including phenoxy) is 1. The lowest BCUT2D eigenvalue weighted by atomic mass is 9.80. The second-order valence-corrected chi connectivity index (χ2v) is 16.9. The van der Waals surface area contributed by atoms with Crippen molar-refractivity contribution in [2.24, 2.45) is 0 Å². The first-order valence-electron chi connectivity index (χ1n) is 17.2. The number of rotatable bonds is 9. The number of hydrogen-bond donors (Lipinski definition) is 2. The molecule has 2 N–H and O–H groups in total. The third kappa shape index (κ3) is 9.74. The fraction of sp³-hybridized carbons (Fsp3) is 0.583. The van der Waals surface area contributed by atoms with Crippen LogP contribution in [0.3, 0.4) is 0 Å². The van der Waals surface area contributed by atoms with Crippen molar-refractivity contribution in [1.82, 2.24) is 24.7 Å². The van der Waals surface area contributed by atoms with Gasteiger partial charge in [0.1, 0.15) is 17.7 Å². The molecule has 2 aromatic rings. The quantitative estimate of drug-likeness (QED) is 0.400. The average molecular weight is 716 g/mol. The van der Waals surface area contributed by atoms with Crippen molar-refractivity contribution in [3.05, 3.63) is 70.2 Å². The van der Waals surface area contributed by atoms with Gasteiger partial charge in [-0.1, -0.05) is 67.3 Å². The monoisotopic (exact) mass is 715 g/mol. The molecule has 0 aromatic heterocycles. The molecule has 0 spiro atoms. The van der Waals surface area contributed by atoms with Crippen molar-refractivity contribution in [3.63, 3.8) is 0 Å².